The molecule has 14 heavy (non-hydrogen) atoms. The van der Waals surface area contributed by atoms with Crippen molar-refractivity contribution in [3.8, 4) is 11.6 Å². The monoisotopic (exact) mass is 192 g/mol. The summed E-state index contributed by atoms with van der Waals surface area (Å²) in [5.41, 5.74) is 0.711. The molecule has 0 aromatic carbocycles. The molecule has 72 valence electrons. The van der Waals surface area contributed by atoms with E-state index in [1.807, 2.05) is 0 Å². The van der Waals surface area contributed by atoms with Crippen LogP contribution in [0.2, 0.25) is 0 Å². The molecule has 0 unspecified atom stereocenters. The molecular weight excluding hydrogens is 184 g/mol. The molecule has 0 spiro atoms. The number of fused-ring (bicyclic) bond motifs is 1. The molecule has 0 atom stereocenters. The lowest BCUT2D eigenvalue weighted by Gasteiger charge is -2.01. The minimum Gasteiger partial charge on any atom is -0.461 e. The summed E-state index contributed by atoms with van der Waals surface area (Å²) in [5, 5.41) is 0. The number of carbonyl (C=O) groups is 1. The lowest BCUT2D eigenvalue weighted by atomic mass is 10.4. The minimum absolute atomic E-state index is 0.160. The highest BCUT2D eigenvalue weighted by Crippen LogP contribution is 2.17. The van der Waals surface area contributed by atoms with Crippen molar-refractivity contribution in [3.63, 3.8) is 0 Å². The van der Waals surface area contributed by atoms with E-state index in [1.54, 1.807) is 19.2 Å². The molecule has 2 aliphatic rings. The second-order valence-corrected chi connectivity index (χ2v) is 2.59. The first kappa shape index (κ1) is 8.68. The van der Waals surface area contributed by atoms with Crippen LogP contribution in [0, 0.1) is 0 Å². The summed E-state index contributed by atoms with van der Waals surface area (Å²) in [4.78, 5) is 19.2. The summed E-state index contributed by atoms with van der Waals surface area (Å²) in [7, 11) is 0. The molecule has 2 aliphatic heterocycles. The molecule has 0 bridgehead atoms. The normalized spacial score (nSPS) is 10.4. The van der Waals surface area contributed by atoms with Crippen LogP contribution in [-0.2, 0) is 4.74 Å². The van der Waals surface area contributed by atoms with Crippen molar-refractivity contribution < 1.29 is 13.9 Å². The zero-order chi connectivity index (χ0) is 9.97. The van der Waals surface area contributed by atoms with Gasteiger partial charge in [-0.25, -0.2) is 14.8 Å². The maximum absolute atomic E-state index is 11.2. The summed E-state index contributed by atoms with van der Waals surface area (Å²) in [6.07, 6.45) is 2.81. The highest BCUT2D eigenvalue weighted by Gasteiger charge is 2.14. The Morgan fingerprint density at radius 1 is 1.64 bits per heavy atom. The molecule has 0 saturated carbocycles. The van der Waals surface area contributed by atoms with Gasteiger partial charge in [-0.15, -0.1) is 0 Å². The lowest BCUT2D eigenvalue weighted by Crippen LogP contribution is -2.07. The third-order valence-corrected chi connectivity index (χ3v) is 1.65. The molecule has 5 heteroatoms. The number of carbonyl (C=O) groups excluding carboxylic acids is 1. The summed E-state index contributed by atoms with van der Waals surface area (Å²) >= 11 is 0. The van der Waals surface area contributed by atoms with Crippen LogP contribution in [-0.4, -0.2) is 22.5 Å². The number of hydrogen-bond donors (Lipinski definition) is 0. The smallest absolute Gasteiger partial charge is 0.360 e. The zero-order valence-corrected chi connectivity index (χ0v) is 7.56. The maximum Gasteiger partial charge on any atom is 0.360 e. The van der Waals surface area contributed by atoms with Crippen molar-refractivity contribution >= 4 is 5.97 Å². The van der Waals surface area contributed by atoms with Gasteiger partial charge in [-0.3, -0.25) is 0 Å². The molecule has 2 rings (SSSR count). The van der Waals surface area contributed by atoms with Crippen molar-refractivity contribution in [3.05, 3.63) is 24.2 Å². The molecule has 0 N–H and O–H groups in total. The van der Waals surface area contributed by atoms with E-state index in [0.29, 0.717) is 18.2 Å². The van der Waals surface area contributed by atoms with Gasteiger partial charge in [0.1, 0.15) is 12.0 Å². The quantitative estimate of drug-likeness (QED) is 0.672. The molecule has 0 radical (unpaired) electrons. The van der Waals surface area contributed by atoms with Gasteiger partial charge in [-0.05, 0) is 13.0 Å². The van der Waals surface area contributed by atoms with E-state index < -0.39 is 5.97 Å². The standard InChI is InChI=1S/C9H8N2O3/c1-2-13-9(12)7-5-14-8-6(11-7)3-4-10-8/h3-5H,2H2,1H3. The first-order valence-corrected chi connectivity index (χ1v) is 4.18. The van der Waals surface area contributed by atoms with Crippen molar-refractivity contribution in [1.29, 1.82) is 0 Å². The molecule has 0 saturated heterocycles. The van der Waals surface area contributed by atoms with E-state index in [4.69, 9.17) is 9.15 Å². The van der Waals surface area contributed by atoms with Crippen molar-refractivity contribution in [1.82, 2.24) is 9.97 Å². The van der Waals surface area contributed by atoms with Crippen LogP contribution in [0.5, 0.6) is 0 Å². The van der Waals surface area contributed by atoms with Crippen LogP contribution in [0.1, 0.15) is 17.4 Å². The van der Waals surface area contributed by atoms with E-state index in [1.165, 1.54) is 6.26 Å². The Morgan fingerprint density at radius 2 is 2.50 bits per heavy atom. The minimum atomic E-state index is -0.487. The highest BCUT2D eigenvalue weighted by molar-refractivity contribution is 5.87. The summed E-state index contributed by atoms with van der Waals surface area (Å²) in [5.74, 6) is -0.0719. The third-order valence-electron chi connectivity index (χ3n) is 1.65. The largest absolute Gasteiger partial charge is 0.461 e. The Labute approximate surface area is 80.1 Å². The molecule has 0 aromatic rings. The average molecular weight is 192 g/mol. The Bertz CT molecular complexity index is 424. The molecule has 0 fully saturated rings. The topological polar surface area (TPSA) is 65.2 Å². The Hall–Kier alpha value is -1.91. The number of nitrogens with zero attached hydrogens (tertiary/aromatic N) is 2. The fourth-order valence-corrected chi connectivity index (χ4v) is 1.06. The van der Waals surface area contributed by atoms with Crippen molar-refractivity contribution in [2.45, 2.75) is 6.92 Å². The predicted octanol–water partition coefficient (Wildman–Crippen LogP) is 1.35. The number of rotatable bonds is 2. The van der Waals surface area contributed by atoms with Gasteiger partial charge >= 0.3 is 5.97 Å². The van der Waals surface area contributed by atoms with Gasteiger partial charge in [0.2, 0.25) is 5.89 Å². The SMILES string of the molecule is CCOC(=O)c1coc2nccc-2n1. The molecular formula is C9H8N2O3. The maximum atomic E-state index is 11.2. The van der Waals surface area contributed by atoms with E-state index in [-0.39, 0.29) is 5.69 Å². The number of ether oxygens (including phenoxy) is 1. The van der Waals surface area contributed by atoms with E-state index in [0.717, 1.165) is 0 Å². The van der Waals surface area contributed by atoms with Crippen LogP contribution in [0.3, 0.4) is 0 Å². The third kappa shape index (κ3) is 1.44. The van der Waals surface area contributed by atoms with E-state index in [2.05, 4.69) is 9.97 Å². The van der Waals surface area contributed by atoms with Crippen LogP contribution in [0.15, 0.2) is 22.9 Å². The Balaban J connectivity index is 2.35. The van der Waals surface area contributed by atoms with Crippen LogP contribution in [0.4, 0.5) is 0 Å². The predicted molar refractivity (Wildman–Crippen MR) is 46.9 cm³/mol. The van der Waals surface area contributed by atoms with E-state index >= 15 is 0 Å². The zero-order valence-electron chi connectivity index (χ0n) is 7.56. The molecule has 2 heterocycles. The van der Waals surface area contributed by atoms with Gasteiger partial charge in [-0.1, -0.05) is 0 Å². The molecule has 0 amide bonds. The Morgan fingerprint density at radius 3 is 3.29 bits per heavy atom. The fourth-order valence-electron chi connectivity index (χ4n) is 1.06. The summed E-state index contributed by atoms with van der Waals surface area (Å²) in [6, 6.07) is 1.67. The molecule has 0 aliphatic carbocycles. The highest BCUT2D eigenvalue weighted by atomic mass is 16.5. The Kier molecular flexibility index (Phi) is 2.14. The summed E-state index contributed by atoms with van der Waals surface area (Å²) in [6.45, 7) is 2.05. The van der Waals surface area contributed by atoms with Gasteiger partial charge in [0.05, 0.1) is 6.61 Å². The number of esters is 1. The van der Waals surface area contributed by atoms with Gasteiger partial charge in [-0.2, -0.15) is 0 Å². The molecule has 5 nitrogen and oxygen atoms in total. The van der Waals surface area contributed by atoms with Crippen molar-refractivity contribution in [2.75, 3.05) is 6.61 Å². The first-order chi connectivity index (χ1) is 6.81. The van der Waals surface area contributed by atoms with Crippen LogP contribution >= 0.6 is 0 Å². The molecule has 0 aromatic heterocycles. The van der Waals surface area contributed by atoms with Crippen LogP contribution < -0.4 is 0 Å². The second kappa shape index (κ2) is 3.45. The summed E-state index contributed by atoms with van der Waals surface area (Å²) < 4.78 is 9.85. The van der Waals surface area contributed by atoms with Gasteiger partial charge < -0.3 is 9.15 Å². The first-order valence-electron chi connectivity index (χ1n) is 4.18. The second-order valence-electron chi connectivity index (χ2n) is 2.59. The lowest BCUT2D eigenvalue weighted by molar-refractivity contribution is 0.0516. The van der Waals surface area contributed by atoms with E-state index in [9.17, 15) is 4.79 Å². The van der Waals surface area contributed by atoms with Gasteiger partial charge in [0.15, 0.2) is 5.69 Å². The number of aromatic nitrogens is 2. The number of hydrogen-bond acceptors (Lipinski definition) is 5. The van der Waals surface area contributed by atoms with Crippen LogP contribution in [0.25, 0.3) is 11.6 Å². The van der Waals surface area contributed by atoms with Crippen molar-refractivity contribution in [2.24, 2.45) is 0 Å². The average Bonchev–Trinajstić information content (AvgIpc) is 2.64. The van der Waals surface area contributed by atoms with Gasteiger partial charge in [0, 0.05) is 6.20 Å². The fraction of sp³-hybridized carbons (Fsp3) is 0.222. The van der Waals surface area contributed by atoms with Gasteiger partial charge in [0.25, 0.3) is 0 Å².